The number of pyridine rings is 1. The van der Waals surface area contributed by atoms with Crippen LogP contribution in [0.5, 0.6) is 0 Å². The number of anilines is 1. The number of hydrogen-bond acceptors (Lipinski definition) is 4. The topological polar surface area (TPSA) is 88.2 Å². The van der Waals surface area contributed by atoms with Crippen molar-refractivity contribution in [1.82, 2.24) is 9.71 Å². The Morgan fingerprint density at radius 3 is 2.36 bits per heavy atom. The van der Waals surface area contributed by atoms with Crippen LogP contribution in [0, 0.1) is 0 Å². The Morgan fingerprint density at radius 2 is 1.68 bits per heavy atom. The number of fused-ring (bicyclic) bond motifs is 1. The zero-order valence-corrected chi connectivity index (χ0v) is 15.0. The summed E-state index contributed by atoms with van der Waals surface area (Å²) in [5.41, 5.74) is 0.469. The second kappa shape index (κ2) is 7.56. The molecule has 0 unspecified atom stereocenters. The lowest BCUT2D eigenvalue weighted by molar-refractivity contribution is -0.121. The van der Waals surface area contributed by atoms with Gasteiger partial charge in [-0.15, -0.1) is 0 Å². The Balaban J connectivity index is 1.76. The van der Waals surface area contributed by atoms with Gasteiger partial charge in [-0.2, -0.15) is 13.2 Å². The van der Waals surface area contributed by atoms with Gasteiger partial charge in [-0.05, 0) is 35.7 Å². The van der Waals surface area contributed by atoms with Gasteiger partial charge in [0.05, 0.1) is 4.90 Å². The molecule has 0 aliphatic carbocycles. The molecule has 0 saturated carbocycles. The van der Waals surface area contributed by atoms with Gasteiger partial charge in [0.2, 0.25) is 10.0 Å². The molecular weight excluding hydrogens is 395 g/mol. The fraction of sp³-hybridized carbons (Fsp3) is 0.111. The summed E-state index contributed by atoms with van der Waals surface area (Å²) in [5.74, 6) is -0.498. The Hall–Kier alpha value is -2.98. The van der Waals surface area contributed by atoms with Gasteiger partial charge in [-0.1, -0.05) is 24.3 Å². The number of amides is 1. The van der Waals surface area contributed by atoms with E-state index < -0.39 is 28.7 Å². The molecule has 2 N–H and O–H groups in total. The van der Waals surface area contributed by atoms with Gasteiger partial charge in [0, 0.05) is 17.3 Å². The fourth-order valence-electron chi connectivity index (χ4n) is 2.47. The van der Waals surface area contributed by atoms with Crippen molar-refractivity contribution >= 4 is 32.4 Å². The van der Waals surface area contributed by atoms with E-state index in [1.165, 1.54) is 23.1 Å². The summed E-state index contributed by atoms with van der Waals surface area (Å²) in [5, 5.41) is 4.07. The van der Waals surface area contributed by atoms with Crippen molar-refractivity contribution in [1.29, 1.82) is 0 Å². The van der Waals surface area contributed by atoms with E-state index in [1.54, 1.807) is 18.2 Å². The minimum Gasteiger partial charge on any atom is -0.321 e. The van der Waals surface area contributed by atoms with E-state index in [0.717, 1.165) is 17.5 Å². The van der Waals surface area contributed by atoms with Gasteiger partial charge in [0.15, 0.2) is 0 Å². The highest BCUT2D eigenvalue weighted by Crippen LogP contribution is 2.20. The molecule has 2 aromatic carbocycles. The second-order valence-electron chi connectivity index (χ2n) is 5.80. The molecule has 0 atom stereocenters. The molecule has 1 aromatic heterocycles. The van der Waals surface area contributed by atoms with E-state index in [1.807, 2.05) is 12.1 Å². The lowest BCUT2D eigenvalue weighted by atomic mass is 10.1. The van der Waals surface area contributed by atoms with Crippen LogP contribution in [0.3, 0.4) is 0 Å². The molecule has 10 heteroatoms. The number of rotatable bonds is 5. The van der Waals surface area contributed by atoms with Gasteiger partial charge >= 0.3 is 6.18 Å². The van der Waals surface area contributed by atoms with E-state index >= 15 is 0 Å². The predicted molar refractivity (Wildman–Crippen MR) is 97.4 cm³/mol. The summed E-state index contributed by atoms with van der Waals surface area (Å²) in [6.07, 6.45) is -3.16. The summed E-state index contributed by atoms with van der Waals surface area (Å²) in [4.78, 5) is 16.2. The zero-order valence-electron chi connectivity index (χ0n) is 14.2. The summed E-state index contributed by atoms with van der Waals surface area (Å²) in [6, 6.07) is 13.7. The maximum atomic E-state index is 12.5. The lowest BCUT2D eigenvalue weighted by Crippen LogP contribution is -2.33. The standard InChI is InChI=1S/C18H14F3N3O3S/c19-18(20,21)11-23-28(26,27)14-7-5-13(6-8-14)24-17(25)16-15-4-2-1-3-12(15)9-10-22-16/h1-10,23H,11H2,(H,24,25). The van der Waals surface area contributed by atoms with Crippen molar-refractivity contribution in [2.75, 3.05) is 11.9 Å². The summed E-state index contributed by atoms with van der Waals surface area (Å²) in [6.45, 7) is -1.67. The number of benzene rings is 2. The summed E-state index contributed by atoms with van der Waals surface area (Å²) < 4.78 is 61.8. The number of aromatic nitrogens is 1. The summed E-state index contributed by atoms with van der Waals surface area (Å²) >= 11 is 0. The molecule has 28 heavy (non-hydrogen) atoms. The fourth-order valence-corrected chi connectivity index (χ4v) is 3.48. The van der Waals surface area contributed by atoms with Crippen LogP contribution in [-0.2, 0) is 10.0 Å². The lowest BCUT2D eigenvalue weighted by Gasteiger charge is -2.10. The zero-order chi connectivity index (χ0) is 20.4. The second-order valence-corrected chi connectivity index (χ2v) is 7.57. The van der Waals surface area contributed by atoms with Crippen molar-refractivity contribution < 1.29 is 26.4 Å². The van der Waals surface area contributed by atoms with Crippen molar-refractivity contribution in [2.45, 2.75) is 11.1 Å². The highest BCUT2D eigenvalue weighted by atomic mass is 32.2. The first-order valence-corrected chi connectivity index (χ1v) is 9.46. The molecule has 0 bridgehead atoms. The van der Waals surface area contributed by atoms with Gasteiger partial charge < -0.3 is 5.32 Å². The molecule has 0 radical (unpaired) electrons. The van der Waals surface area contributed by atoms with Crippen molar-refractivity contribution in [2.24, 2.45) is 0 Å². The first-order valence-electron chi connectivity index (χ1n) is 7.97. The van der Waals surface area contributed by atoms with E-state index in [9.17, 15) is 26.4 Å². The molecule has 0 aliphatic rings. The number of hydrogen-bond donors (Lipinski definition) is 2. The Bertz CT molecular complexity index is 1110. The molecule has 0 aliphatic heterocycles. The van der Waals surface area contributed by atoms with Crippen LogP contribution in [0.2, 0.25) is 0 Å². The molecule has 3 rings (SSSR count). The number of carbonyl (C=O) groups is 1. The minimum absolute atomic E-state index is 0.196. The predicted octanol–water partition coefficient (Wildman–Crippen LogP) is 3.33. The summed E-state index contributed by atoms with van der Waals surface area (Å²) in [7, 11) is -4.31. The monoisotopic (exact) mass is 409 g/mol. The minimum atomic E-state index is -4.66. The van der Waals surface area contributed by atoms with E-state index in [0.29, 0.717) is 5.39 Å². The number of nitrogens with zero attached hydrogens (tertiary/aromatic N) is 1. The quantitative estimate of drug-likeness (QED) is 0.677. The molecule has 1 heterocycles. The Morgan fingerprint density at radius 1 is 1.00 bits per heavy atom. The molecule has 0 spiro atoms. The third-order valence-electron chi connectivity index (χ3n) is 3.77. The Labute approximate surface area is 158 Å². The molecule has 0 fully saturated rings. The van der Waals surface area contributed by atoms with Crippen LogP contribution in [0.15, 0.2) is 65.7 Å². The van der Waals surface area contributed by atoms with Crippen molar-refractivity contribution in [3.05, 3.63) is 66.5 Å². The van der Waals surface area contributed by atoms with Gasteiger partial charge in [0.1, 0.15) is 12.2 Å². The van der Waals surface area contributed by atoms with Gasteiger partial charge in [-0.25, -0.2) is 13.1 Å². The smallest absolute Gasteiger partial charge is 0.321 e. The van der Waals surface area contributed by atoms with Crippen LogP contribution in [-0.4, -0.2) is 32.0 Å². The largest absolute Gasteiger partial charge is 0.402 e. The number of alkyl halides is 3. The van der Waals surface area contributed by atoms with E-state index in [2.05, 4.69) is 10.3 Å². The van der Waals surface area contributed by atoms with Crippen LogP contribution >= 0.6 is 0 Å². The maximum absolute atomic E-state index is 12.5. The SMILES string of the molecule is O=C(Nc1ccc(S(=O)(=O)NCC(F)(F)F)cc1)c1nccc2ccccc12. The number of carbonyl (C=O) groups excluding carboxylic acids is 1. The van der Waals surface area contributed by atoms with Gasteiger partial charge in [0.25, 0.3) is 5.91 Å². The average molecular weight is 409 g/mol. The maximum Gasteiger partial charge on any atom is 0.402 e. The average Bonchev–Trinajstić information content (AvgIpc) is 2.66. The van der Waals surface area contributed by atoms with E-state index in [-0.39, 0.29) is 16.3 Å². The number of halogens is 3. The molecule has 146 valence electrons. The van der Waals surface area contributed by atoms with Crippen LogP contribution < -0.4 is 10.0 Å². The van der Waals surface area contributed by atoms with Crippen LogP contribution in [0.4, 0.5) is 18.9 Å². The highest BCUT2D eigenvalue weighted by Gasteiger charge is 2.30. The van der Waals surface area contributed by atoms with E-state index in [4.69, 9.17) is 0 Å². The third kappa shape index (κ3) is 4.65. The molecule has 1 amide bonds. The van der Waals surface area contributed by atoms with Crippen molar-refractivity contribution in [3.8, 4) is 0 Å². The molecule has 0 saturated heterocycles. The van der Waals surface area contributed by atoms with Gasteiger partial charge in [-0.3, -0.25) is 9.78 Å². The first kappa shape index (κ1) is 19.8. The molecule has 3 aromatic rings. The third-order valence-corrected chi connectivity index (χ3v) is 5.19. The van der Waals surface area contributed by atoms with Crippen LogP contribution in [0.1, 0.15) is 10.5 Å². The molecular formula is C18H14F3N3O3S. The number of sulfonamides is 1. The molecule has 6 nitrogen and oxygen atoms in total. The van der Waals surface area contributed by atoms with Crippen LogP contribution in [0.25, 0.3) is 10.8 Å². The normalized spacial score (nSPS) is 12.1. The number of nitrogens with one attached hydrogen (secondary N) is 2. The Kier molecular flexibility index (Phi) is 5.34. The highest BCUT2D eigenvalue weighted by molar-refractivity contribution is 7.89. The first-order chi connectivity index (χ1) is 13.2. The van der Waals surface area contributed by atoms with Crippen molar-refractivity contribution in [3.63, 3.8) is 0 Å².